The highest BCUT2D eigenvalue weighted by atomic mass is 79.9. The fraction of sp³-hybridized carbons (Fsp3) is 0.182. The molecule has 2 aromatic heterocycles. The predicted molar refractivity (Wildman–Crippen MR) is 70.4 cm³/mol. The molecular formula is C11H8BrN3O6. The van der Waals surface area contributed by atoms with Crippen LogP contribution in [0.3, 0.4) is 0 Å². The average molecular weight is 358 g/mol. The van der Waals surface area contributed by atoms with E-state index >= 15 is 0 Å². The van der Waals surface area contributed by atoms with E-state index in [2.05, 4.69) is 35.6 Å². The predicted octanol–water partition coefficient (Wildman–Crippen LogP) is 2.65. The van der Waals surface area contributed by atoms with Crippen LogP contribution in [-0.2, 0) is 16.2 Å². The van der Waals surface area contributed by atoms with Crippen molar-refractivity contribution in [2.45, 2.75) is 13.5 Å². The summed E-state index contributed by atoms with van der Waals surface area (Å²) in [5.41, 5.74) is 1.41. The molecule has 0 saturated carbocycles. The van der Waals surface area contributed by atoms with Gasteiger partial charge in [0.05, 0.1) is 11.3 Å². The highest BCUT2D eigenvalue weighted by molar-refractivity contribution is 9.10. The Labute approximate surface area is 126 Å². The van der Waals surface area contributed by atoms with Crippen LogP contribution < -0.4 is 0 Å². The topological polar surface area (TPSA) is 118 Å². The fourth-order valence-corrected chi connectivity index (χ4v) is 1.72. The lowest BCUT2D eigenvalue weighted by atomic mass is 10.1. The largest absolute Gasteiger partial charge is 0.486 e. The van der Waals surface area contributed by atoms with Crippen LogP contribution >= 0.6 is 15.9 Å². The van der Waals surface area contributed by atoms with E-state index in [1.165, 1.54) is 0 Å². The Morgan fingerprint density at radius 2 is 2.29 bits per heavy atom. The van der Waals surface area contributed by atoms with E-state index in [0.29, 0.717) is 22.7 Å². The van der Waals surface area contributed by atoms with Crippen LogP contribution in [0.5, 0.6) is 0 Å². The van der Waals surface area contributed by atoms with Gasteiger partial charge in [0.2, 0.25) is 0 Å². The van der Waals surface area contributed by atoms with Gasteiger partial charge in [-0.2, -0.15) is 4.84 Å². The first-order chi connectivity index (χ1) is 9.97. The first-order valence-corrected chi connectivity index (χ1v) is 6.33. The van der Waals surface area contributed by atoms with Crippen LogP contribution in [0.2, 0.25) is 0 Å². The number of nitrogens with zero attached hydrogens (tertiary/aromatic N) is 3. The van der Waals surface area contributed by atoms with Gasteiger partial charge in [-0.25, -0.2) is 4.79 Å². The summed E-state index contributed by atoms with van der Waals surface area (Å²) >= 11 is 3.26. The maximum absolute atomic E-state index is 11.0. The first-order valence-electron chi connectivity index (χ1n) is 5.53. The number of carbonyl (C=O) groups is 1. The Bertz CT molecular complexity index is 669. The molecule has 0 atom stereocenters. The van der Waals surface area contributed by atoms with Crippen LogP contribution in [0.4, 0.5) is 4.79 Å². The number of carbonyl (C=O) groups excluding carboxylic acids is 1. The second kappa shape index (κ2) is 6.31. The zero-order chi connectivity index (χ0) is 15.4. The number of halogens is 1. The number of hydrogen-bond acceptors (Lipinski definition) is 8. The molecule has 0 radical (unpaired) electrons. The molecule has 0 spiro atoms. The van der Waals surface area contributed by atoms with E-state index in [9.17, 15) is 14.9 Å². The van der Waals surface area contributed by atoms with E-state index in [1.54, 1.807) is 25.3 Å². The lowest BCUT2D eigenvalue weighted by molar-refractivity contribution is -0.730. The lowest BCUT2D eigenvalue weighted by Gasteiger charge is -2.03. The molecule has 21 heavy (non-hydrogen) atoms. The summed E-state index contributed by atoms with van der Waals surface area (Å²) in [7, 11) is 0. The molecule has 2 heterocycles. The summed E-state index contributed by atoms with van der Waals surface area (Å²) in [6.07, 6.45) is 0.147. The first kappa shape index (κ1) is 14.9. The number of aryl methyl sites for hydroxylation is 1. The average Bonchev–Trinajstić information content (AvgIpc) is 2.78. The van der Waals surface area contributed by atoms with Crippen LogP contribution in [0.25, 0.3) is 11.5 Å². The Kier molecular flexibility index (Phi) is 4.48. The molecule has 0 aliphatic rings. The standard InChI is InChI=1S/C11H8BrN3O6/c1-6-8(5-19-11(16)21-15(17)18)10(20-14-6)9-3-2-7(12)4-13-9/h2-4H,5H2,1H3. The van der Waals surface area contributed by atoms with Crippen molar-refractivity contribution >= 4 is 22.1 Å². The maximum Gasteiger partial charge on any atom is 0.486 e. The molecule has 2 rings (SSSR count). The van der Waals surface area contributed by atoms with E-state index in [0.717, 1.165) is 4.47 Å². The van der Waals surface area contributed by atoms with Crippen molar-refractivity contribution in [3.8, 4) is 11.5 Å². The minimum Gasteiger partial charge on any atom is -0.441 e. The Balaban J connectivity index is 2.17. The molecule has 0 aliphatic carbocycles. The number of rotatable bonds is 4. The molecule has 0 unspecified atom stereocenters. The highest BCUT2D eigenvalue weighted by Gasteiger charge is 2.18. The summed E-state index contributed by atoms with van der Waals surface area (Å²) in [5, 5.41) is 12.5. The lowest BCUT2D eigenvalue weighted by Crippen LogP contribution is -2.12. The number of hydrogen-bond donors (Lipinski definition) is 0. The molecule has 0 aromatic carbocycles. The smallest absolute Gasteiger partial charge is 0.441 e. The molecule has 0 N–H and O–H groups in total. The summed E-state index contributed by atoms with van der Waals surface area (Å²) in [6.45, 7) is 1.36. The molecule has 0 bridgehead atoms. The monoisotopic (exact) mass is 357 g/mol. The SMILES string of the molecule is Cc1noc(-c2ccc(Br)cn2)c1COC(=O)O[N+](=O)[O-]. The van der Waals surface area contributed by atoms with Gasteiger partial charge < -0.3 is 9.26 Å². The van der Waals surface area contributed by atoms with E-state index in [1.807, 2.05) is 0 Å². The van der Waals surface area contributed by atoms with Gasteiger partial charge in [-0.05, 0) is 35.0 Å². The molecule has 10 heteroatoms. The van der Waals surface area contributed by atoms with E-state index < -0.39 is 11.2 Å². The zero-order valence-electron chi connectivity index (χ0n) is 10.6. The summed E-state index contributed by atoms with van der Waals surface area (Å²) in [4.78, 5) is 28.8. The number of ether oxygens (including phenoxy) is 1. The Morgan fingerprint density at radius 1 is 1.52 bits per heavy atom. The maximum atomic E-state index is 11.0. The van der Waals surface area contributed by atoms with Crippen molar-refractivity contribution in [1.29, 1.82) is 0 Å². The molecule has 0 fully saturated rings. The third-order valence-electron chi connectivity index (χ3n) is 2.43. The van der Waals surface area contributed by atoms with Crippen LogP contribution in [-0.4, -0.2) is 21.4 Å². The Morgan fingerprint density at radius 3 is 2.90 bits per heavy atom. The van der Waals surface area contributed by atoms with Gasteiger partial charge in [0.1, 0.15) is 12.3 Å². The molecule has 0 saturated heterocycles. The van der Waals surface area contributed by atoms with Crippen LogP contribution in [0.1, 0.15) is 11.3 Å². The normalized spacial score (nSPS) is 10.2. The van der Waals surface area contributed by atoms with Crippen molar-refractivity contribution in [2.24, 2.45) is 0 Å². The van der Waals surface area contributed by atoms with E-state index in [4.69, 9.17) is 4.52 Å². The zero-order valence-corrected chi connectivity index (χ0v) is 12.2. The second-order valence-electron chi connectivity index (χ2n) is 3.79. The van der Waals surface area contributed by atoms with Gasteiger partial charge >= 0.3 is 11.2 Å². The highest BCUT2D eigenvalue weighted by Crippen LogP contribution is 2.26. The van der Waals surface area contributed by atoms with Crippen molar-refractivity contribution in [3.05, 3.63) is 44.2 Å². The van der Waals surface area contributed by atoms with Crippen LogP contribution in [0.15, 0.2) is 27.3 Å². The third kappa shape index (κ3) is 3.75. The van der Waals surface area contributed by atoms with Crippen molar-refractivity contribution in [2.75, 3.05) is 0 Å². The van der Waals surface area contributed by atoms with Gasteiger partial charge in [0.25, 0.3) is 0 Å². The summed E-state index contributed by atoms with van der Waals surface area (Å²) in [6, 6.07) is 3.44. The van der Waals surface area contributed by atoms with E-state index in [-0.39, 0.29) is 6.61 Å². The molecule has 2 aromatic rings. The molecular weight excluding hydrogens is 350 g/mol. The van der Waals surface area contributed by atoms with Gasteiger partial charge in [-0.15, -0.1) is 10.1 Å². The third-order valence-corrected chi connectivity index (χ3v) is 2.90. The van der Waals surface area contributed by atoms with Gasteiger partial charge in [-0.3, -0.25) is 4.98 Å². The summed E-state index contributed by atoms with van der Waals surface area (Å²) < 4.78 is 10.6. The van der Waals surface area contributed by atoms with Gasteiger partial charge in [0, 0.05) is 10.7 Å². The Hall–Kier alpha value is -2.49. The molecule has 0 aliphatic heterocycles. The fourth-order valence-electron chi connectivity index (χ4n) is 1.49. The second-order valence-corrected chi connectivity index (χ2v) is 4.71. The minimum atomic E-state index is -1.42. The minimum absolute atomic E-state index is 0.283. The molecule has 0 amide bonds. The van der Waals surface area contributed by atoms with Gasteiger partial charge in [0.15, 0.2) is 5.76 Å². The van der Waals surface area contributed by atoms with Crippen molar-refractivity contribution < 1.29 is 24.0 Å². The van der Waals surface area contributed by atoms with Crippen LogP contribution in [0, 0.1) is 17.0 Å². The molecule has 110 valence electrons. The van der Waals surface area contributed by atoms with Gasteiger partial charge in [-0.1, -0.05) is 5.16 Å². The number of pyridine rings is 1. The van der Waals surface area contributed by atoms with Crippen molar-refractivity contribution in [1.82, 2.24) is 10.1 Å². The molecule has 9 nitrogen and oxygen atoms in total. The quantitative estimate of drug-likeness (QED) is 0.465. The summed E-state index contributed by atoms with van der Waals surface area (Å²) in [5.74, 6) is 0.314. The number of aromatic nitrogens is 2. The van der Waals surface area contributed by atoms with Crippen molar-refractivity contribution in [3.63, 3.8) is 0 Å².